The van der Waals surface area contributed by atoms with Gasteiger partial charge in [-0.25, -0.2) is 4.39 Å². The summed E-state index contributed by atoms with van der Waals surface area (Å²) in [6, 6.07) is 4.19. The van der Waals surface area contributed by atoms with Crippen LogP contribution in [0.4, 0.5) is 10.1 Å². The maximum atomic E-state index is 13.1. The molecule has 0 aliphatic carbocycles. The lowest BCUT2D eigenvalue weighted by Gasteiger charge is -2.12. The second-order valence-corrected chi connectivity index (χ2v) is 3.82. The summed E-state index contributed by atoms with van der Waals surface area (Å²) in [4.78, 5) is 11.7. The first kappa shape index (κ1) is 13.4. The number of carbonyl (C=O) groups is 1. The molecule has 0 spiro atoms. The van der Waals surface area contributed by atoms with E-state index in [2.05, 4.69) is 5.32 Å². The van der Waals surface area contributed by atoms with Gasteiger partial charge >= 0.3 is 0 Å². The van der Waals surface area contributed by atoms with E-state index in [0.29, 0.717) is 18.7 Å². The fraction of sp³-hybridized carbons (Fsp3) is 0.417. The molecule has 0 aliphatic heterocycles. The van der Waals surface area contributed by atoms with Gasteiger partial charge in [-0.05, 0) is 25.1 Å². The van der Waals surface area contributed by atoms with Crippen molar-refractivity contribution in [3.05, 3.63) is 24.0 Å². The Balaban J connectivity index is 2.71. The molecule has 0 heterocycles. The molecule has 1 rings (SSSR count). The number of methoxy groups -OCH3 is 1. The van der Waals surface area contributed by atoms with Crippen molar-refractivity contribution in [2.45, 2.75) is 13.3 Å². The van der Waals surface area contributed by atoms with Gasteiger partial charge in [-0.1, -0.05) is 6.92 Å². The van der Waals surface area contributed by atoms with Crippen LogP contribution >= 0.6 is 0 Å². The predicted molar refractivity (Wildman–Crippen MR) is 64.4 cm³/mol. The third-order valence-electron chi connectivity index (χ3n) is 2.47. The van der Waals surface area contributed by atoms with Crippen LogP contribution in [0.3, 0.4) is 0 Å². The van der Waals surface area contributed by atoms with Gasteiger partial charge < -0.3 is 15.8 Å². The molecule has 0 aliphatic rings. The number of nitrogens with one attached hydrogen (secondary N) is 1. The van der Waals surface area contributed by atoms with Gasteiger partial charge in [-0.3, -0.25) is 4.79 Å². The minimum atomic E-state index is -0.458. The lowest BCUT2D eigenvalue weighted by Crippen LogP contribution is -2.22. The summed E-state index contributed by atoms with van der Waals surface area (Å²) in [6.07, 6.45) is 0.615. The average Bonchev–Trinajstić information content (AvgIpc) is 2.31. The summed E-state index contributed by atoms with van der Waals surface area (Å²) in [6.45, 7) is 2.25. The van der Waals surface area contributed by atoms with Gasteiger partial charge in [-0.2, -0.15) is 0 Å². The maximum absolute atomic E-state index is 13.1. The van der Waals surface area contributed by atoms with E-state index in [1.54, 1.807) is 6.92 Å². The van der Waals surface area contributed by atoms with E-state index in [0.717, 1.165) is 0 Å². The number of benzene rings is 1. The van der Waals surface area contributed by atoms with Crippen molar-refractivity contribution < 1.29 is 13.9 Å². The summed E-state index contributed by atoms with van der Waals surface area (Å²) >= 11 is 0. The van der Waals surface area contributed by atoms with Crippen molar-refractivity contribution in [2.75, 3.05) is 19.0 Å². The number of hydrogen-bond acceptors (Lipinski definition) is 3. The molecule has 0 radical (unpaired) electrons. The zero-order valence-electron chi connectivity index (χ0n) is 10.00. The Kier molecular flexibility index (Phi) is 4.90. The monoisotopic (exact) mass is 240 g/mol. The van der Waals surface area contributed by atoms with Gasteiger partial charge in [0.2, 0.25) is 5.91 Å². The SMILES string of the molecule is COc1cc(NC(=O)C(C)CCN)ccc1F. The van der Waals surface area contributed by atoms with Crippen LogP contribution in [0, 0.1) is 11.7 Å². The van der Waals surface area contributed by atoms with Crippen LogP contribution in [0.15, 0.2) is 18.2 Å². The zero-order chi connectivity index (χ0) is 12.8. The highest BCUT2D eigenvalue weighted by Gasteiger charge is 2.13. The molecule has 1 aromatic carbocycles. The predicted octanol–water partition coefficient (Wildman–Crippen LogP) is 1.76. The first-order chi connectivity index (χ1) is 8.08. The molecule has 1 aromatic rings. The fourth-order valence-electron chi connectivity index (χ4n) is 1.38. The average molecular weight is 240 g/mol. The van der Waals surface area contributed by atoms with Crippen LogP contribution < -0.4 is 15.8 Å². The molecule has 5 heteroatoms. The van der Waals surface area contributed by atoms with Crippen LogP contribution in [0.25, 0.3) is 0 Å². The minimum absolute atomic E-state index is 0.106. The second kappa shape index (κ2) is 6.20. The van der Waals surface area contributed by atoms with E-state index in [4.69, 9.17) is 10.5 Å². The van der Waals surface area contributed by atoms with Crippen LogP contribution in [0.1, 0.15) is 13.3 Å². The smallest absolute Gasteiger partial charge is 0.227 e. The van der Waals surface area contributed by atoms with Gasteiger partial charge in [0, 0.05) is 17.7 Å². The van der Waals surface area contributed by atoms with Crippen LogP contribution in [0.2, 0.25) is 0 Å². The van der Waals surface area contributed by atoms with E-state index in [1.807, 2.05) is 0 Å². The topological polar surface area (TPSA) is 64.3 Å². The lowest BCUT2D eigenvalue weighted by molar-refractivity contribution is -0.119. The molecular weight excluding hydrogens is 223 g/mol. The molecule has 1 amide bonds. The standard InChI is InChI=1S/C12H17FN2O2/c1-8(5-6-14)12(16)15-9-3-4-10(13)11(7-9)17-2/h3-4,7-8H,5-6,14H2,1-2H3,(H,15,16). The number of rotatable bonds is 5. The third kappa shape index (κ3) is 3.71. The van der Waals surface area contributed by atoms with Gasteiger partial charge in [0.25, 0.3) is 0 Å². The Morgan fingerprint density at radius 3 is 2.88 bits per heavy atom. The number of halogens is 1. The van der Waals surface area contributed by atoms with Crippen molar-refractivity contribution in [3.8, 4) is 5.75 Å². The quantitative estimate of drug-likeness (QED) is 0.824. The molecule has 17 heavy (non-hydrogen) atoms. The van der Waals surface area contributed by atoms with E-state index in [1.165, 1.54) is 25.3 Å². The van der Waals surface area contributed by atoms with Crippen LogP contribution in [-0.2, 0) is 4.79 Å². The van der Waals surface area contributed by atoms with Crippen LogP contribution in [0.5, 0.6) is 5.75 Å². The molecule has 4 nitrogen and oxygen atoms in total. The van der Waals surface area contributed by atoms with Crippen molar-refractivity contribution in [1.29, 1.82) is 0 Å². The van der Waals surface area contributed by atoms with Gasteiger partial charge in [0.05, 0.1) is 7.11 Å². The van der Waals surface area contributed by atoms with Gasteiger partial charge in [-0.15, -0.1) is 0 Å². The fourth-order valence-corrected chi connectivity index (χ4v) is 1.38. The molecule has 3 N–H and O–H groups in total. The summed E-state index contributed by atoms with van der Waals surface area (Å²) < 4.78 is 18.0. The van der Waals surface area contributed by atoms with E-state index in [-0.39, 0.29) is 17.6 Å². The minimum Gasteiger partial charge on any atom is -0.494 e. The Bertz CT molecular complexity index is 396. The number of amides is 1. The van der Waals surface area contributed by atoms with Gasteiger partial charge in [0.1, 0.15) is 0 Å². The van der Waals surface area contributed by atoms with Crippen molar-refractivity contribution in [1.82, 2.24) is 0 Å². The number of anilines is 1. The summed E-state index contributed by atoms with van der Waals surface area (Å²) in [7, 11) is 1.38. The van der Waals surface area contributed by atoms with Gasteiger partial charge in [0.15, 0.2) is 11.6 Å². The van der Waals surface area contributed by atoms with E-state index >= 15 is 0 Å². The van der Waals surface area contributed by atoms with Crippen molar-refractivity contribution in [3.63, 3.8) is 0 Å². The largest absolute Gasteiger partial charge is 0.494 e. The van der Waals surface area contributed by atoms with Crippen molar-refractivity contribution in [2.24, 2.45) is 11.7 Å². The second-order valence-electron chi connectivity index (χ2n) is 3.82. The molecule has 0 fully saturated rings. The zero-order valence-corrected chi connectivity index (χ0v) is 10.00. The summed E-state index contributed by atoms with van der Waals surface area (Å²) in [5, 5.41) is 2.69. The molecule has 0 saturated carbocycles. The molecule has 0 aromatic heterocycles. The Morgan fingerprint density at radius 1 is 1.59 bits per heavy atom. The molecule has 94 valence electrons. The number of nitrogens with two attached hydrogens (primary N) is 1. The highest BCUT2D eigenvalue weighted by atomic mass is 19.1. The first-order valence-corrected chi connectivity index (χ1v) is 5.43. The molecule has 1 atom stereocenters. The Hall–Kier alpha value is -1.62. The first-order valence-electron chi connectivity index (χ1n) is 5.43. The van der Waals surface area contributed by atoms with Crippen molar-refractivity contribution >= 4 is 11.6 Å². The summed E-state index contributed by atoms with van der Waals surface area (Å²) in [5.74, 6) is -0.657. The Morgan fingerprint density at radius 2 is 2.29 bits per heavy atom. The summed E-state index contributed by atoms with van der Waals surface area (Å²) in [5.41, 5.74) is 5.89. The molecule has 0 saturated heterocycles. The third-order valence-corrected chi connectivity index (χ3v) is 2.47. The number of ether oxygens (including phenoxy) is 1. The van der Waals surface area contributed by atoms with Crippen LogP contribution in [-0.4, -0.2) is 19.6 Å². The lowest BCUT2D eigenvalue weighted by atomic mass is 10.1. The van der Waals surface area contributed by atoms with E-state index < -0.39 is 5.82 Å². The highest BCUT2D eigenvalue weighted by molar-refractivity contribution is 5.92. The molecule has 0 bridgehead atoms. The highest BCUT2D eigenvalue weighted by Crippen LogP contribution is 2.21. The normalized spacial score (nSPS) is 12.0. The molecule has 1 unspecified atom stereocenters. The Labute approximate surface area is 100.0 Å². The van der Waals surface area contributed by atoms with E-state index in [9.17, 15) is 9.18 Å². The maximum Gasteiger partial charge on any atom is 0.227 e. The molecular formula is C12H17FN2O2. The number of carbonyl (C=O) groups excluding carboxylic acids is 1. The number of hydrogen-bond donors (Lipinski definition) is 2.